The fourth-order valence-corrected chi connectivity index (χ4v) is 2.45. The lowest BCUT2D eigenvalue weighted by molar-refractivity contribution is -0.137. The van der Waals surface area contributed by atoms with Gasteiger partial charge in [-0.05, 0) is 52.4 Å². The molecular weight excluding hydrogens is 204 g/mol. The number of carboxylic acids is 1. The first-order valence-electron chi connectivity index (χ1n) is 6.17. The number of carbonyl (C=O) groups is 1. The minimum Gasteiger partial charge on any atom is -0.481 e. The summed E-state index contributed by atoms with van der Waals surface area (Å²) in [7, 11) is 4.27. The molecule has 1 rings (SSSR count). The molecule has 16 heavy (non-hydrogen) atoms. The third-order valence-electron chi connectivity index (χ3n) is 3.22. The quantitative estimate of drug-likeness (QED) is 0.740. The molecule has 0 spiro atoms. The van der Waals surface area contributed by atoms with Gasteiger partial charge in [-0.25, -0.2) is 0 Å². The van der Waals surface area contributed by atoms with Gasteiger partial charge in [0, 0.05) is 19.5 Å². The van der Waals surface area contributed by atoms with Gasteiger partial charge in [-0.15, -0.1) is 0 Å². The average Bonchev–Trinajstić information content (AvgIpc) is 2.16. The summed E-state index contributed by atoms with van der Waals surface area (Å²) in [6.07, 6.45) is 3.65. The standard InChI is InChI=1S/C12H24N2O2/c1-13-7-3-5-11(9-13)10-14(2)8-4-6-12(15)16/h11H,3-10H2,1-2H3,(H,15,16). The monoisotopic (exact) mass is 228 g/mol. The number of nitrogens with zero attached hydrogens (tertiary/aromatic N) is 2. The molecule has 0 aliphatic carbocycles. The van der Waals surface area contributed by atoms with Crippen LogP contribution in [-0.4, -0.2) is 61.2 Å². The van der Waals surface area contributed by atoms with Gasteiger partial charge in [0.2, 0.25) is 0 Å². The lowest BCUT2D eigenvalue weighted by Gasteiger charge is -2.32. The summed E-state index contributed by atoms with van der Waals surface area (Å²) in [5, 5.41) is 8.56. The second kappa shape index (κ2) is 6.86. The lowest BCUT2D eigenvalue weighted by atomic mass is 9.98. The summed E-state index contributed by atoms with van der Waals surface area (Å²) in [6.45, 7) is 4.40. The highest BCUT2D eigenvalue weighted by atomic mass is 16.4. The Kier molecular flexibility index (Phi) is 5.77. The molecule has 1 aliphatic rings. The smallest absolute Gasteiger partial charge is 0.303 e. The fourth-order valence-electron chi connectivity index (χ4n) is 2.45. The Hall–Kier alpha value is -0.610. The molecule has 1 saturated heterocycles. The molecule has 4 heteroatoms. The van der Waals surface area contributed by atoms with Crippen molar-refractivity contribution < 1.29 is 9.90 Å². The minimum absolute atomic E-state index is 0.287. The molecule has 0 aromatic heterocycles. The van der Waals surface area contributed by atoms with Crippen LogP contribution in [0.1, 0.15) is 25.7 Å². The zero-order chi connectivity index (χ0) is 12.0. The summed E-state index contributed by atoms with van der Waals surface area (Å²) in [6, 6.07) is 0. The highest BCUT2D eigenvalue weighted by Gasteiger charge is 2.18. The van der Waals surface area contributed by atoms with Crippen molar-refractivity contribution in [3.8, 4) is 0 Å². The number of piperidine rings is 1. The maximum absolute atomic E-state index is 10.4. The topological polar surface area (TPSA) is 43.8 Å². The van der Waals surface area contributed by atoms with E-state index in [9.17, 15) is 4.79 Å². The largest absolute Gasteiger partial charge is 0.481 e. The summed E-state index contributed by atoms with van der Waals surface area (Å²) >= 11 is 0. The molecular formula is C12H24N2O2. The fraction of sp³-hybridized carbons (Fsp3) is 0.917. The van der Waals surface area contributed by atoms with E-state index in [-0.39, 0.29) is 6.42 Å². The van der Waals surface area contributed by atoms with Crippen LogP contribution in [0.25, 0.3) is 0 Å². The Bertz CT molecular complexity index is 221. The van der Waals surface area contributed by atoms with Crippen LogP contribution < -0.4 is 0 Å². The van der Waals surface area contributed by atoms with Gasteiger partial charge >= 0.3 is 5.97 Å². The Labute approximate surface area is 98.2 Å². The Morgan fingerprint density at radius 1 is 1.56 bits per heavy atom. The minimum atomic E-state index is -0.689. The number of likely N-dealkylation sites (tertiary alicyclic amines) is 1. The van der Waals surface area contributed by atoms with Crippen molar-refractivity contribution in [1.82, 2.24) is 9.80 Å². The van der Waals surface area contributed by atoms with Crippen LogP contribution in [-0.2, 0) is 4.79 Å². The first-order valence-corrected chi connectivity index (χ1v) is 6.17. The van der Waals surface area contributed by atoms with E-state index in [2.05, 4.69) is 23.9 Å². The van der Waals surface area contributed by atoms with E-state index in [1.807, 2.05) is 0 Å². The second-order valence-corrected chi connectivity index (χ2v) is 5.03. The van der Waals surface area contributed by atoms with Gasteiger partial charge in [0.25, 0.3) is 0 Å². The number of rotatable bonds is 6. The van der Waals surface area contributed by atoms with Gasteiger partial charge in [0.05, 0.1) is 0 Å². The lowest BCUT2D eigenvalue weighted by Crippen LogP contribution is -2.38. The molecule has 1 aliphatic heterocycles. The van der Waals surface area contributed by atoms with Crippen LogP contribution in [0.4, 0.5) is 0 Å². The van der Waals surface area contributed by atoms with Crippen molar-refractivity contribution in [3.05, 3.63) is 0 Å². The average molecular weight is 228 g/mol. The van der Waals surface area contributed by atoms with Gasteiger partial charge < -0.3 is 14.9 Å². The van der Waals surface area contributed by atoms with E-state index in [4.69, 9.17) is 5.11 Å². The molecule has 0 saturated carbocycles. The van der Waals surface area contributed by atoms with Crippen molar-refractivity contribution in [2.75, 3.05) is 40.3 Å². The zero-order valence-electron chi connectivity index (χ0n) is 10.5. The number of hydrogen-bond donors (Lipinski definition) is 1. The summed E-state index contributed by atoms with van der Waals surface area (Å²) in [4.78, 5) is 15.0. The summed E-state index contributed by atoms with van der Waals surface area (Å²) in [5.74, 6) is 0.0689. The molecule has 1 heterocycles. The van der Waals surface area contributed by atoms with Crippen LogP contribution in [0, 0.1) is 5.92 Å². The van der Waals surface area contributed by atoms with E-state index in [1.165, 1.54) is 25.9 Å². The summed E-state index contributed by atoms with van der Waals surface area (Å²) < 4.78 is 0. The first-order chi connectivity index (χ1) is 7.58. The van der Waals surface area contributed by atoms with Gasteiger partial charge in [0.1, 0.15) is 0 Å². The maximum atomic E-state index is 10.4. The van der Waals surface area contributed by atoms with E-state index in [0.29, 0.717) is 0 Å². The van der Waals surface area contributed by atoms with E-state index in [1.54, 1.807) is 0 Å². The molecule has 0 bridgehead atoms. The Morgan fingerprint density at radius 3 is 2.94 bits per heavy atom. The molecule has 0 amide bonds. The molecule has 0 aromatic rings. The molecule has 1 N–H and O–H groups in total. The first kappa shape index (κ1) is 13.5. The summed E-state index contributed by atoms with van der Waals surface area (Å²) in [5.41, 5.74) is 0. The Balaban J connectivity index is 2.12. The van der Waals surface area contributed by atoms with E-state index >= 15 is 0 Å². The molecule has 1 unspecified atom stereocenters. The van der Waals surface area contributed by atoms with Crippen LogP contribution in [0.15, 0.2) is 0 Å². The van der Waals surface area contributed by atoms with Crippen molar-refractivity contribution in [2.45, 2.75) is 25.7 Å². The highest BCUT2D eigenvalue weighted by molar-refractivity contribution is 5.66. The van der Waals surface area contributed by atoms with Crippen LogP contribution in [0.5, 0.6) is 0 Å². The van der Waals surface area contributed by atoms with Crippen molar-refractivity contribution in [1.29, 1.82) is 0 Å². The molecule has 0 radical (unpaired) electrons. The maximum Gasteiger partial charge on any atom is 0.303 e. The normalized spacial score (nSPS) is 22.6. The van der Waals surface area contributed by atoms with Gasteiger partial charge in [-0.2, -0.15) is 0 Å². The van der Waals surface area contributed by atoms with Gasteiger partial charge in [-0.1, -0.05) is 0 Å². The van der Waals surface area contributed by atoms with Crippen molar-refractivity contribution >= 4 is 5.97 Å². The van der Waals surface area contributed by atoms with E-state index in [0.717, 1.165) is 25.4 Å². The van der Waals surface area contributed by atoms with Crippen LogP contribution in [0.2, 0.25) is 0 Å². The number of hydrogen-bond acceptors (Lipinski definition) is 3. The van der Waals surface area contributed by atoms with Crippen LogP contribution >= 0.6 is 0 Å². The molecule has 94 valence electrons. The number of aliphatic carboxylic acids is 1. The third-order valence-corrected chi connectivity index (χ3v) is 3.22. The molecule has 1 fully saturated rings. The van der Waals surface area contributed by atoms with Crippen LogP contribution in [0.3, 0.4) is 0 Å². The molecule has 4 nitrogen and oxygen atoms in total. The SMILES string of the molecule is CN(CCCC(=O)O)CC1CCCN(C)C1. The zero-order valence-corrected chi connectivity index (χ0v) is 10.5. The second-order valence-electron chi connectivity index (χ2n) is 5.03. The van der Waals surface area contributed by atoms with Gasteiger partial charge in [-0.3, -0.25) is 4.79 Å². The van der Waals surface area contributed by atoms with Gasteiger partial charge in [0.15, 0.2) is 0 Å². The van der Waals surface area contributed by atoms with Crippen molar-refractivity contribution in [3.63, 3.8) is 0 Å². The van der Waals surface area contributed by atoms with Crippen molar-refractivity contribution in [2.24, 2.45) is 5.92 Å². The Morgan fingerprint density at radius 2 is 2.31 bits per heavy atom. The highest BCUT2D eigenvalue weighted by Crippen LogP contribution is 2.15. The molecule has 1 atom stereocenters. The third kappa shape index (κ3) is 5.47. The molecule has 0 aromatic carbocycles. The van der Waals surface area contributed by atoms with E-state index < -0.39 is 5.97 Å². The predicted molar refractivity (Wildman–Crippen MR) is 64.6 cm³/mol. The predicted octanol–water partition coefficient (Wildman–Crippen LogP) is 1.12. The number of carboxylic acid groups (broad SMARTS) is 1.